The van der Waals surface area contributed by atoms with E-state index in [1.165, 1.54) is 0 Å². The number of phosphoric acid groups is 1. The van der Waals surface area contributed by atoms with E-state index in [-0.39, 0.29) is 6.42 Å². The zero-order chi connectivity index (χ0) is 24.4. The SMILES string of the molecule is CCCCOP(=O)(O)OCCC(F)(F)C(F)(F)C(F)(F)C(F)(F)C(F)(F)C(F)(F)F. The summed E-state index contributed by atoms with van der Waals surface area (Å²) in [6.45, 7) is -0.930. The molecule has 4 nitrogen and oxygen atoms in total. The number of halogens is 13. The Morgan fingerprint density at radius 2 is 1.10 bits per heavy atom. The molecule has 0 amide bonds. The maximum absolute atomic E-state index is 13.4. The molecule has 0 bridgehead atoms. The molecule has 0 fully saturated rings. The first-order valence-electron chi connectivity index (χ1n) is 7.59. The van der Waals surface area contributed by atoms with Gasteiger partial charge < -0.3 is 4.89 Å². The second-order valence-corrected chi connectivity index (χ2v) is 7.19. The summed E-state index contributed by atoms with van der Waals surface area (Å²) >= 11 is 0. The van der Waals surface area contributed by atoms with Crippen LogP contribution in [0.25, 0.3) is 0 Å². The molecule has 0 aromatic carbocycles. The van der Waals surface area contributed by atoms with E-state index in [4.69, 9.17) is 4.89 Å². The van der Waals surface area contributed by atoms with Crippen LogP contribution in [0.5, 0.6) is 0 Å². The lowest BCUT2D eigenvalue weighted by molar-refractivity contribution is -0.440. The molecule has 0 heterocycles. The molecule has 30 heavy (non-hydrogen) atoms. The lowest BCUT2D eigenvalue weighted by atomic mass is 9.93. The molecule has 1 unspecified atom stereocenters. The van der Waals surface area contributed by atoms with E-state index in [9.17, 15) is 61.6 Å². The van der Waals surface area contributed by atoms with Crippen molar-refractivity contribution in [1.29, 1.82) is 0 Å². The van der Waals surface area contributed by atoms with Crippen molar-refractivity contribution in [1.82, 2.24) is 0 Å². The second-order valence-electron chi connectivity index (χ2n) is 5.74. The van der Waals surface area contributed by atoms with Crippen molar-refractivity contribution < 1.29 is 75.6 Å². The summed E-state index contributed by atoms with van der Waals surface area (Å²) in [5.74, 6) is -37.6. The van der Waals surface area contributed by atoms with Crippen LogP contribution in [-0.2, 0) is 13.6 Å². The van der Waals surface area contributed by atoms with Gasteiger partial charge in [0.05, 0.1) is 13.2 Å². The highest BCUT2D eigenvalue weighted by atomic mass is 31.2. The van der Waals surface area contributed by atoms with Crippen LogP contribution in [0.15, 0.2) is 0 Å². The average Bonchev–Trinajstić information content (AvgIpc) is 2.52. The normalized spacial score (nSPS) is 17.2. The fraction of sp³-hybridized carbons (Fsp3) is 1.00. The van der Waals surface area contributed by atoms with E-state index in [1.54, 1.807) is 6.92 Å². The third kappa shape index (κ3) is 5.51. The first kappa shape index (κ1) is 29.2. The molecule has 18 heteroatoms. The van der Waals surface area contributed by atoms with Gasteiger partial charge in [0.2, 0.25) is 0 Å². The van der Waals surface area contributed by atoms with Crippen LogP contribution in [-0.4, -0.2) is 53.9 Å². The van der Waals surface area contributed by atoms with Gasteiger partial charge in [-0.25, -0.2) is 4.57 Å². The third-order valence-corrected chi connectivity index (χ3v) is 4.44. The van der Waals surface area contributed by atoms with E-state index >= 15 is 0 Å². The van der Waals surface area contributed by atoms with Crippen molar-refractivity contribution in [3.8, 4) is 0 Å². The fourth-order valence-corrected chi connectivity index (χ4v) is 2.37. The molecule has 0 radical (unpaired) electrons. The summed E-state index contributed by atoms with van der Waals surface area (Å²) in [5, 5.41) is 0. The van der Waals surface area contributed by atoms with Crippen LogP contribution in [0.3, 0.4) is 0 Å². The number of hydrogen-bond donors (Lipinski definition) is 1. The second kappa shape index (κ2) is 8.98. The Morgan fingerprint density at radius 1 is 0.700 bits per heavy atom. The molecule has 0 spiro atoms. The number of unbranched alkanes of at least 4 members (excludes halogenated alkanes) is 1. The Labute approximate surface area is 159 Å². The Balaban J connectivity index is 5.59. The van der Waals surface area contributed by atoms with E-state index in [1.807, 2.05) is 0 Å². The largest absolute Gasteiger partial charge is 0.472 e. The third-order valence-electron chi connectivity index (χ3n) is 3.42. The number of rotatable bonds is 12. The lowest BCUT2D eigenvalue weighted by Gasteiger charge is -2.39. The summed E-state index contributed by atoms with van der Waals surface area (Å²) in [6, 6.07) is 0. The molecule has 0 aromatic heterocycles. The zero-order valence-corrected chi connectivity index (χ0v) is 15.5. The maximum atomic E-state index is 13.4. The van der Waals surface area contributed by atoms with Crippen molar-refractivity contribution in [3.05, 3.63) is 0 Å². The van der Waals surface area contributed by atoms with E-state index in [0.29, 0.717) is 6.42 Å². The first-order valence-corrected chi connectivity index (χ1v) is 9.09. The van der Waals surface area contributed by atoms with Gasteiger partial charge >= 0.3 is 43.6 Å². The van der Waals surface area contributed by atoms with Crippen LogP contribution >= 0.6 is 7.82 Å². The summed E-state index contributed by atoms with van der Waals surface area (Å²) < 4.78 is 186. The minimum absolute atomic E-state index is 0.136. The molecule has 0 rings (SSSR count). The molecular weight excluding hydrogens is 486 g/mol. The molecule has 0 aliphatic rings. The van der Waals surface area contributed by atoms with Gasteiger partial charge in [-0.3, -0.25) is 9.05 Å². The number of alkyl halides is 13. The first-order chi connectivity index (χ1) is 13.0. The van der Waals surface area contributed by atoms with Gasteiger partial charge in [0.15, 0.2) is 0 Å². The minimum atomic E-state index is -8.00. The molecular formula is C12H14F13O4P. The van der Waals surface area contributed by atoms with Crippen LogP contribution in [0.4, 0.5) is 57.1 Å². The Morgan fingerprint density at radius 3 is 1.50 bits per heavy atom. The van der Waals surface area contributed by atoms with E-state index in [0.717, 1.165) is 0 Å². The van der Waals surface area contributed by atoms with Crippen LogP contribution in [0, 0.1) is 0 Å². The monoisotopic (exact) mass is 500 g/mol. The van der Waals surface area contributed by atoms with Gasteiger partial charge in [-0.05, 0) is 6.42 Å². The van der Waals surface area contributed by atoms with Gasteiger partial charge in [0, 0.05) is 6.42 Å². The Kier molecular flexibility index (Phi) is 8.74. The maximum Gasteiger partial charge on any atom is 0.472 e. The zero-order valence-electron chi connectivity index (χ0n) is 14.6. The highest BCUT2D eigenvalue weighted by molar-refractivity contribution is 7.47. The smallest absolute Gasteiger partial charge is 0.302 e. The predicted molar refractivity (Wildman–Crippen MR) is 72.0 cm³/mol. The molecule has 182 valence electrons. The molecule has 0 aromatic rings. The van der Waals surface area contributed by atoms with Crippen molar-refractivity contribution in [3.63, 3.8) is 0 Å². The Hall–Kier alpha value is -0.800. The quantitative estimate of drug-likeness (QED) is 0.202. The summed E-state index contributed by atoms with van der Waals surface area (Å²) in [5.41, 5.74) is 0. The van der Waals surface area contributed by atoms with E-state index < -0.39 is 63.2 Å². The van der Waals surface area contributed by atoms with Gasteiger partial charge in [-0.1, -0.05) is 13.3 Å². The van der Waals surface area contributed by atoms with Crippen molar-refractivity contribution >= 4 is 7.82 Å². The molecule has 0 saturated heterocycles. The van der Waals surface area contributed by atoms with Crippen LogP contribution in [0.2, 0.25) is 0 Å². The van der Waals surface area contributed by atoms with Crippen molar-refractivity contribution in [2.75, 3.05) is 13.2 Å². The predicted octanol–water partition coefficient (Wildman–Crippen LogP) is 6.05. The van der Waals surface area contributed by atoms with Gasteiger partial charge in [-0.2, -0.15) is 57.1 Å². The average molecular weight is 500 g/mol. The number of hydrogen-bond acceptors (Lipinski definition) is 3. The van der Waals surface area contributed by atoms with Crippen LogP contribution < -0.4 is 0 Å². The van der Waals surface area contributed by atoms with Crippen LogP contribution in [0.1, 0.15) is 26.2 Å². The Bertz CT molecular complexity index is 620. The fourth-order valence-electron chi connectivity index (χ4n) is 1.61. The molecule has 1 atom stereocenters. The standard InChI is InChI=1S/C12H14F13O4P/c1-2-3-5-28-30(26,27)29-6-4-7(13,14)8(15,16)9(17,18)10(19,20)11(21,22)12(23,24)25/h2-6H2,1H3,(H,26,27). The molecule has 0 aliphatic carbocycles. The summed E-state index contributed by atoms with van der Waals surface area (Å²) in [6.07, 6.45) is -9.70. The highest BCUT2D eigenvalue weighted by Gasteiger charge is 2.90. The molecule has 0 saturated carbocycles. The topological polar surface area (TPSA) is 55.8 Å². The highest BCUT2D eigenvalue weighted by Crippen LogP contribution is 2.60. The van der Waals surface area contributed by atoms with Gasteiger partial charge in [0.1, 0.15) is 0 Å². The number of phosphoric ester groups is 1. The van der Waals surface area contributed by atoms with Gasteiger partial charge in [0.25, 0.3) is 0 Å². The van der Waals surface area contributed by atoms with E-state index in [2.05, 4.69) is 9.05 Å². The summed E-state index contributed by atoms with van der Waals surface area (Å²) in [7, 11) is -5.17. The van der Waals surface area contributed by atoms with Gasteiger partial charge in [-0.15, -0.1) is 0 Å². The van der Waals surface area contributed by atoms with Crippen molar-refractivity contribution in [2.45, 2.75) is 62.0 Å². The molecule has 1 N–H and O–H groups in total. The summed E-state index contributed by atoms with van der Waals surface area (Å²) in [4.78, 5) is 9.01. The minimum Gasteiger partial charge on any atom is -0.302 e. The lowest BCUT2D eigenvalue weighted by Crippen LogP contribution is -2.70. The molecule has 0 aliphatic heterocycles. The van der Waals surface area contributed by atoms with Crippen molar-refractivity contribution in [2.24, 2.45) is 0 Å².